The molecule has 0 aromatic carbocycles. The SMILES string of the molecule is CN(c1ccc(S(=O)(=O)NCC2CC2)cn1)[C@@H]1CCN(c2ncnc3[nH]ccc23)C1. The molecule has 10 heteroatoms. The van der Waals surface area contributed by atoms with Crippen molar-refractivity contribution in [2.24, 2.45) is 5.92 Å². The number of anilines is 2. The maximum atomic E-state index is 12.4. The molecule has 0 unspecified atom stereocenters. The first-order valence-corrected chi connectivity index (χ1v) is 11.7. The lowest BCUT2D eigenvalue weighted by molar-refractivity contribution is 0.577. The molecule has 2 aliphatic rings. The van der Waals surface area contributed by atoms with Crippen molar-refractivity contribution >= 4 is 32.7 Å². The third-order valence-electron chi connectivity index (χ3n) is 5.99. The van der Waals surface area contributed by atoms with Gasteiger partial charge in [0.1, 0.15) is 28.5 Å². The molecule has 0 amide bonds. The molecule has 0 spiro atoms. The fraction of sp³-hybridized carbons (Fsp3) is 0.450. The topological polar surface area (TPSA) is 107 Å². The Morgan fingerprint density at radius 2 is 2.07 bits per heavy atom. The number of aromatic amines is 1. The Morgan fingerprint density at radius 1 is 1.20 bits per heavy atom. The van der Waals surface area contributed by atoms with E-state index in [-0.39, 0.29) is 10.9 Å². The van der Waals surface area contributed by atoms with Crippen LogP contribution in [-0.4, -0.2) is 61.1 Å². The number of pyridine rings is 1. The van der Waals surface area contributed by atoms with Gasteiger partial charge in [0.2, 0.25) is 10.0 Å². The summed E-state index contributed by atoms with van der Waals surface area (Å²) in [6, 6.07) is 5.68. The zero-order valence-electron chi connectivity index (χ0n) is 16.8. The molecule has 2 fully saturated rings. The minimum atomic E-state index is -3.49. The van der Waals surface area contributed by atoms with Crippen LogP contribution in [0.1, 0.15) is 19.3 Å². The summed E-state index contributed by atoms with van der Waals surface area (Å²) in [4.78, 5) is 20.9. The number of nitrogens with zero attached hydrogens (tertiary/aromatic N) is 5. The van der Waals surface area contributed by atoms with Gasteiger partial charge in [0.05, 0.1) is 5.39 Å². The van der Waals surface area contributed by atoms with Gasteiger partial charge in [0.15, 0.2) is 0 Å². The van der Waals surface area contributed by atoms with Gasteiger partial charge >= 0.3 is 0 Å². The number of likely N-dealkylation sites (N-methyl/N-ethyl adjacent to an activating group) is 1. The smallest absolute Gasteiger partial charge is 0.242 e. The lowest BCUT2D eigenvalue weighted by Gasteiger charge is -2.26. The van der Waals surface area contributed by atoms with E-state index >= 15 is 0 Å². The largest absolute Gasteiger partial charge is 0.355 e. The Labute approximate surface area is 175 Å². The second kappa shape index (κ2) is 7.51. The van der Waals surface area contributed by atoms with Crippen LogP contribution >= 0.6 is 0 Å². The minimum absolute atomic E-state index is 0.212. The number of hydrogen-bond donors (Lipinski definition) is 2. The van der Waals surface area contributed by atoms with Crippen LogP contribution in [0.25, 0.3) is 11.0 Å². The molecule has 1 atom stereocenters. The van der Waals surface area contributed by atoms with Gasteiger partial charge in [-0.05, 0) is 43.4 Å². The van der Waals surface area contributed by atoms with Crippen LogP contribution in [0.3, 0.4) is 0 Å². The lowest BCUT2D eigenvalue weighted by atomic mass is 10.2. The van der Waals surface area contributed by atoms with Gasteiger partial charge in [-0.25, -0.2) is 28.1 Å². The summed E-state index contributed by atoms with van der Waals surface area (Å²) >= 11 is 0. The van der Waals surface area contributed by atoms with Crippen molar-refractivity contribution in [1.29, 1.82) is 0 Å². The quantitative estimate of drug-likeness (QED) is 0.592. The van der Waals surface area contributed by atoms with E-state index in [1.807, 2.05) is 19.3 Å². The molecule has 3 aromatic rings. The van der Waals surface area contributed by atoms with Crippen LogP contribution in [-0.2, 0) is 10.0 Å². The Bertz CT molecular complexity index is 1140. The van der Waals surface area contributed by atoms with Gasteiger partial charge in [-0.2, -0.15) is 0 Å². The van der Waals surface area contributed by atoms with E-state index in [0.717, 1.165) is 55.0 Å². The van der Waals surface area contributed by atoms with E-state index in [9.17, 15) is 8.42 Å². The number of nitrogens with one attached hydrogen (secondary N) is 2. The minimum Gasteiger partial charge on any atom is -0.355 e. The van der Waals surface area contributed by atoms with Crippen molar-refractivity contribution in [3.63, 3.8) is 0 Å². The number of H-pyrrole nitrogens is 1. The van der Waals surface area contributed by atoms with E-state index in [1.54, 1.807) is 18.5 Å². The normalized spacial score (nSPS) is 19.5. The summed E-state index contributed by atoms with van der Waals surface area (Å²) in [5.41, 5.74) is 0.838. The molecule has 158 valence electrons. The Hall–Kier alpha value is -2.72. The summed E-state index contributed by atoms with van der Waals surface area (Å²) in [6.07, 6.45) is 8.09. The van der Waals surface area contributed by atoms with Crippen molar-refractivity contribution in [3.05, 3.63) is 36.9 Å². The Balaban J connectivity index is 1.27. The van der Waals surface area contributed by atoms with E-state index in [4.69, 9.17) is 0 Å². The van der Waals surface area contributed by atoms with Crippen LogP contribution in [0.5, 0.6) is 0 Å². The van der Waals surface area contributed by atoms with Crippen LogP contribution in [0, 0.1) is 5.92 Å². The average molecular weight is 428 g/mol. The molecule has 1 saturated carbocycles. The third-order valence-corrected chi connectivity index (χ3v) is 7.40. The number of rotatable bonds is 7. The van der Waals surface area contributed by atoms with E-state index in [0.29, 0.717) is 12.5 Å². The number of hydrogen-bond acceptors (Lipinski definition) is 7. The third kappa shape index (κ3) is 3.72. The van der Waals surface area contributed by atoms with Gasteiger partial charge in [0.25, 0.3) is 0 Å². The molecule has 9 nitrogen and oxygen atoms in total. The summed E-state index contributed by atoms with van der Waals surface area (Å²) in [7, 11) is -1.49. The molecule has 0 radical (unpaired) electrons. The van der Waals surface area contributed by atoms with Gasteiger partial charge in [-0.3, -0.25) is 0 Å². The summed E-state index contributed by atoms with van der Waals surface area (Å²) < 4.78 is 27.5. The number of sulfonamides is 1. The van der Waals surface area contributed by atoms with Crippen LogP contribution in [0.2, 0.25) is 0 Å². The average Bonchev–Trinajstić information content (AvgIpc) is 3.25. The van der Waals surface area contributed by atoms with Gasteiger partial charge in [-0.15, -0.1) is 0 Å². The maximum Gasteiger partial charge on any atom is 0.242 e. The van der Waals surface area contributed by atoms with Gasteiger partial charge in [0, 0.05) is 45.1 Å². The predicted octanol–water partition coefficient (Wildman–Crippen LogP) is 1.76. The predicted molar refractivity (Wildman–Crippen MR) is 115 cm³/mol. The first kappa shape index (κ1) is 19.3. The van der Waals surface area contributed by atoms with Crippen molar-refractivity contribution in [2.45, 2.75) is 30.2 Å². The number of aromatic nitrogens is 4. The molecule has 30 heavy (non-hydrogen) atoms. The molecule has 2 N–H and O–H groups in total. The van der Waals surface area contributed by atoms with Gasteiger partial charge in [-0.1, -0.05) is 0 Å². The Morgan fingerprint density at radius 3 is 2.83 bits per heavy atom. The first-order chi connectivity index (χ1) is 14.5. The second-order valence-electron chi connectivity index (χ2n) is 8.08. The standard InChI is InChI=1S/C20H25N7O2S/c1-26(18-5-4-16(11-22-18)30(28,29)25-10-14-2-3-14)15-7-9-27(12-15)20-17-6-8-21-19(17)23-13-24-20/h4-6,8,11,13-15,25H,2-3,7,9-10,12H2,1H3,(H,21,23,24)/t15-/m1/s1. The molecular weight excluding hydrogens is 402 g/mol. The zero-order valence-corrected chi connectivity index (χ0v) is 17.6. The molecule has 0 bridgehead atoms. The Kier molecular flexibility index (Phi) is 4.82. The van der Waals surface area contributed by atoms with Crippen molar-refractivity contribution in [3.8, 4) is 0 Å². The molecule has 1 aliphatic heterocycles. The molecule has 1 aliphatic carbocycles. The van der Waals surface area contributed by atoms with Gasteiger partial charge < -0.3 is 14.8 Å². The van der Waals surface area contributed by atoms with E-state index in [1.165, 1.54) is 6.20 Å². The second-order valence-corrected chi connectivity index (χ2v) is 9.85. The van der Waals surface area contributed by atoms with Crippen LogP contribution in [0.4, 0.5) is 11.6 Å². The van der Waals surface area contributed by atoms with Crippen LogP contribution < -0.4 is 14.5 Å². The summed E-state index contributed by atoms with van der Waals surface area (Å²) in [6.45, 7) is 2.22. The fourth-order valence-corrected chi connectivity index (χ4v) is 4.98. The molecule has 3 aromatic heterocycles. The highest BCUT2D eigenvalue weighted by Gasteiger charge is 2.29. The zero-order chi connectivity index (χ0) is 20.7. The van der Waals surface area contributed by atoms with E-state index < -0.39 is 10.0 Å². The van der Waals surface area contributed by atoms with E-state index in [2.05, 4.69) is 34.5 Å². The highest BCUT2D eigenvalue weighted by Crippen LogP contribution is 2.29. The molecular formula is C20H25N7O2S. The lowest BCUT2D eigenvalue weighted by Crippen LogP contribution is -2.35. The first-order valence-electron chi connectivity index (χ1n) is 10.2. The maximum absolute atomic E-state index is 12.4. The molecule has 1 saturated heterocycles. The highest BCUT2D eigenvalue weighted by molar-refractivity contribution is 7.89. The summed E-state index contributed by atoms with van der Waals surface area (Å²) in [5.74, 6) is 2.19. The fourth-order valence-electron chi connectivity index (χ4n) is 3.92. The number of fused-ring (bicyclic) bond motifs is 1. The van der Waals surface area contributed by atoms with Crippen LogP contribution in [0.15, 0.2) is 41.8 Å². The van der Waals surface area contributed by atoms with Crippen molar-refractivity contribution in [1.82, 2.24) is 24.7 Å². The summed E-state index contributed by atoms with van der Waals surface area (Å²) in [5, 5.41) is 1.02. The monoisotopic (exact) mass is 427 g/mol. The highest BCUT2D eigenvalue weighted by atomic mass is 32.2. The van der Waals surface area contributed by atoms with Crippen molar-refractivity contribution < 1.29 is 8.42 Å². The molecule has 5 rings (SSSR count). The molecule has 4 heterocycles. The van der Waals surface area contributed by atoms with Crippen molar-refractivity contribution in [2.75, 3.05) is 36.5 Å².